The smallest absolute Gasteiger partial charge is 0.0850 e. The van der Waals surface area contributed by atoms with Crippen LogP contribution in [-0.2, 0) is 0 Å². The molecule has 1 fully saturated rings. The minimum Gasteiger partial charge on any atom is -0.367 e. The lowest BCUT2D eigenvalue weighted by Gasteiger charge is -1.95. The summed E-state index contributed by atoms with van der Waals surface area (Å²) < 4.78 is 0. The molecule has 2 N–H and O–H groups in total. The highest BCUT2D eigenvalue weighted by Crippen LogP contribution is 2.07. The Bertz CT molecular complexity index is 212. The van der Waals surface area contributed by atoms with Crippen LogP contribution in [0.25, 0.3) is 0 Å². The van der Waals surface area contributed by atoms with Crippen molar-refractivity contribution >= 4 is 0 Å². The van der Waals surface area contributed by atoms with Crippen molar-refractivity contribution in [3.05, 3.63) is 35.7 Å². The van der Waals surface area contributed by atoms with Crippen molar-refractivity contribution in [2.45, 2.75) is 13.8 Å². The molecule has 0 amide bonds. The Hall–Kier alpha value is -1.18. The molecule has 1 aliphatic heterocycles. The zero-order chi connectivity index (χ0) is 8.10. The maximum Gasteiger partial charge on any atom is 0.0850 e. The molecule has 11 heavy (non-hydrogen) atoms. The van der Waals surface area contributed by atoms with Crippen LogP contribution < -0.4 is 10.6 Å². The average Bonchev–Trinajstić information content (AvgIpc) is 2.47. The Balaban J connectivity index is 2.71. The van der Waals surface area contributed by atoms with E-state index >= 15 is 0 Å². The van der Waals surface area contributed by atoms with Gasteiger partial charge in [0, 0.05) is 0 Å². The predicted molar refractivity (Wildman–Crippen MR) is 47.8 cm³/mol. The molecule has 0 aliphatic carbocycles. The fourth-order valence-electron chi connectivity index (χ4n) is 1.02. The molecule has 60 valence electrons. The average molecular weight is 150 g/mol. The van der Waals surface area contributed by atoms with Crippen LogP contribution in [0.15, 0.2) is 35.7 Å². The molecule has 0 spiro atoms. The van der Waals surface area contributed by atoms with Gasteiger partial charge in [-0.2, -0.15) is 0 Å². The maximum atomic E-state index is 3.22. The van der Waals surface area contributed by atoms with Crippen molar-refractivity contribution in [2.24, 2.45) is 0 Å². The van der Waals surface area contributed by atoms with Gasteiger partial charge in [0.15, 0.2) is 0 Å². The van der Waals surface area contributed by atoms with Gasteiger partial charge in [0.1, 0.15) is 0 Å². The van der Waals surface area contributed by atoms with Crippen LogP contribution >= 0.6 is 0 Å². The lowest BCUT2D eigenvalue weighted by Crippen LogP contribution is -2.10. The van der Waals surface area contributed by atoms with E-state index in [-0.39, 0.29) is 0 Å². The molecule has 1 rings (SSSR count). The quantitative estimate of drug-likeness (QED) is 0.592. The van der Waals surface area contributed by atoms with Gasteiger partial charge in [0.25, 0.3) is 0 Å². The lowest BCUT2D eigenvalue weighted by molar-refractivity contribution is 0.839. The van der Waals surface area contributed by atoms with Crippen molar-refractivity contribution in [3.63, 3.8) is 0 Å². The van der Waals surface area contributed by atoms with E-state index in [1.165, 1.54) is 11.4 Å². The Morgan fingerprint density at radius 2 is 1.91 bits per heavy atom. The molecule has 2 nitrogen and oxygen atoms in total. The zero-order valence-electron chi connectivity index (χ0n) is 7.02. The second-order valence-electron chi connectivity index (χ2n) is 2.34. The van der Waals surface area contributed by atoms with Crippen molar-refractivity contribution in [1.29, 1.82) is 0 Å². The van der Waals surface area contributed by atoms with Gasteiger partial charge in [0.05, 0.1) is 18.1 Å². The first-order chi connectivity index (χ1) is 5.38. The van der Waals surface area contributed by atoms with E-state index in [0.29, 0.717) is 0 Å². The third-order valence-electron chi connectivity index (χ3n) is 1.59. The highest BCUT2D eigenvalue weighted by Gasteiger charge is 2.07. The molecule has 2 heteroatoms. The normalized spacial score (nSPS) is 24.5. The molecule has 0 aromatic carbocycles. The van der Waals surface area contributed by atoms with Crippen molar-refractivity contribution < 1.29 is 0 Å². The molecule has 0 bridgehead atoms. The molecule has 0 aromatic rings. The first-order valence-corrected chi connectivity index (χ1v) is 3.86. The van der Waals surface area contributed by atoms with Gasteiger partial charge in [-0.15, -0.1) is 0 Å². The van der Waals surface area contributed by atoms with Gasteiger partial charge in [-0.3, -0.25) is 0 Å². The predicted octanol–water partition coefficient (Wildman–Crippen LogP) is 1.50. The Morgan fingerprint density at radius 3 is 2.55 bits per heavy atom. The summed E-state index contributed by atoms with van der Waals surface area (Å²) in [7, 11) is 0. The molecule has 1 aliphatic rings. The topological polar surface area (TPSA) is 24.1 Å². The first-order valence-electron chi connectivity index (χ1n) is 3.86. The van der Waals surface area contributed by atoms with Gasteiger partial charge >= 0.3 is 0 Å². The van der Waals surface area contributed by atoms with Gasteiger partial charge < -0.3 is 10.6 Å². The second kappa shape index (κ2) is 3.86. The van der Waals surface area contributed by atoms with Crippen molar-refractivity contribution in [2.75, 3.05) is 6.67 Å². The molecule has 0 saturated carbocycles. The number of hydrogen-bond donors (Lipinski definition) is 2. The molecule has 1 saturated heterocycles. The second-order valence-corrected chi connectivity index (χ2v) is 2.34. The van der Waals surface area contributed by atoms with Crippen LogP contribution in [0.1, 0.15) is 13.8 Å². The van der Waals surface area contributed by atoms with Gasteiger partial charge in [-0.05, 0) is 19.9 Å². The summed E-state index contributed by atoms with van der Waals surface area (Å²) in [6.07, 6.45) is 8.17. The highest BCUT2D eigenvalue weighted by molar-refractivity contribution is 5.33. The number of allylic oxidation sites excluding steroid dienone is 4. The van der Waals surface area contributed by atoms with Crippen LogP contribution in [0.2, 0.25) is 0 Å². The molecule has 0 unspecified atom stereocenters. The van der Waals surface area contributed by atoms with E-state index in [9.17, 15) is 0 Å². The van der Waals surface area contributed by atoms with Crippen LogP contribution in [0.3, 0.4) is 0 Å². The summed E-state index contributed by atoms with van der Waals surface area (Å²) in [6.45, 7) is 4.87. The minimum absolute atomic E-state index is 0.836. The number of nitrogens with one attached hydrogen (secondary N) is 2. The molecular weight excluding hydrogens is 136 g/mol. The Labute approximate surface area is 67.7 Å². The van der Waals surface area contributed by atoms with Gasteiger partial charge in [-0.1, -0.05) is 18.2 Å². The summed E-state index contributed by atoms with van der Waals surface area (Å²) in [6, 6.07) is 0. The summed E-state index contributed by atoms with van der Waals surface area (Å²) in [5.74, 6) is 0. The molecular formula is C9H14N2. The van der Waals surface area contributed by atoms with Crippen LogP contribution in [0.4, 0.5) is 0 Å². The fourth-order valence-corrected chi connectivity index (χ4v) is 1.02. The van der Waals surface area contributed by atoms with Crippen molar-refractivity contribution in [1.82, 2.24) is 10.6 Å². The molecule has 0 radical (unpaired) electrons. The van der Waals surface area contributed by atoms with E-state index in [1.54, 1.807) is 0 Å². The molecule has 0 atom stereocenters. The summed E-state index contributed by atoms with van der Waals surface area (Å²) in [5, 5.41) is 6.44. The van der Waals surface area contributed by atoms with Crippen molar-refractivity contribution in [3.8, 4) is 0 Å². The highest BCUT2D eigenvalue weighted by atomic mass is 15.2. The van der Waals surface area contributed by atoms with E-state index in [0.717, 1.165) is 6.67 Å². The van der Waals surface area contributed by atoms with Crippen LogP contribution in [0.5, 0.6) is 0 Å². The fraction of sp³-hybridized carbons (Fsp3) is 0.333. The summed E-state index contributed by atoms with van der Waals surface area (Å²) in [4.78, 5) is 0. The lowest BCUT2D eigenvalue weighted by atomic mass is 10.3. The summed E-state index contributed by atoms with van der Waals surface area (Å²) in [5.41, 5.74) is 2.36. The standard InChI is InChI=1S/C9H14N2/c1-3-5-6-9-8(4-2)10-7-11-9/h3-6,10-11H,7H2,1-2H3/b5-3-,8-4+,9-6+. The monoisotopic (exact) mass is 150 g/mol. The third-order valence-corrected chi connectivity index (χ3v) is 1.59. The van der Waals surface area contributed by atoms with E-state index in [1.807, 2.05) is 26.0 Å². The number of rotatable bonds is 1. The summed E-state index contributed by atoms with van der Waals surface area (Å²) >= 11 is 0. The van der Waals surface area contributed by atoms with E-state index in [4.69, 9.17) is 0 Å². The third kappa shape index (κ3) is 1.87. The van der Waals surface area contributed by atoms with Crippen LogP contribution in [-0.4, -0.2) is 6.67 Å². The Kier molecular flexibility index (Phi) is 2.78. The SMILES string of the molecule is C\C=C/C=C1/NCN/C1=C/C. The zero-order valence-corrected chi connectivity index (χ0v) is 7.02. The van der Waals surface area contributed by atoms with E-state index in [2.05, 4.69) is 22.8 Å². The van der Waals surface area contributed by atoms with Gasteiger partial charge in [0.2, 0.25) is 0 Å². The van der Waals surface area contributed by atoms with E-state index < -0.39 is 0 Å². The minimum atomic E-state index is 0.836. The Morgan fingerprint density at radius 1 is 1.18 bits per heavy atom. The van der Waals surface area contributed by atoms with Crippen LogP contribution in [0, 0.1) is 0 Å². The van der Waals surface area contributed by atoms with Gasteiger partial charge in [-0.25, -0.2) is 0 Å². The molecule has 0 aromatic heterocycles. The maximum absolute atomic E-state index is 3.22. The largest absolute Gasteiger partial charge is 0.367 e. The molecule has 1 heterocycles. The number of hydrogen-bond acceptors (Lipinski definition) is 2. The first kappa shape index (κ1) is 7.92.